The molecule has 0 heterocycles. The quantitative estimate of drug-likeness (QED) is 0.875. The highest BCUT2D eigenvalue weighted by molar-refractivity contribution is 5.94. The van der Waals surface area contributed by atoms with Crippen LogP contribution < -0.4 is 10.6 Å². The van der Waals surface area contributed by atoms with E-state index in [2.05, 4.69) is 42.7 Å². The van der Waals surface area contributed by atoms with Gasteiger partial charge in [-0.2, -0.15) is 0 Å². The van der Waals surface area contributed by atoms with E-state index in [1.807, 2.05) is 44.2 Å². The lowest BCUT2D eigenvalue weighted by Crippen LogP contribution is -2.91. The Bertz CT molecular complexity index is 637. The fourth-order valence-corrected chi connectivity index (χ4v) is 2.59. The Morgan fingerprint density at radius 2 is 1.73 bits per heavy atom. The maximum absolute atomic E-state index is 12.4. The molecule has 116 valence electrons. The van der Waals surface area contributed by atoms with Crippen LogP contribution in [0.15, 0.2) is 48.5 Å². The van der Waals surface area contributed by atoms with Gasteiger partial charge >= 0.3 is 0 Å². The number of benzene rings is 2. The van der Waals surface area contributed by atoms with Gasteiger partial charge in [-0.1, -0.05) is 48.0 Å². The zero-order valence-electron chi connectivity index (χ0n) is 13.8. The molecule has 0 aliphatic rings. The van der Waals surface area contributed by atoms with Gasteiger partial charge in [0.2, 0.25) is 0 Å². The molecule has 22 heavy (non-hydrogen) atoms. The van der Waals surface area contributed by atoms with Crippen molar-refractivity contribution in [3.63, 3.8) is 0 Å². The topological polar surface area (TPSA) is 45.7 Å². The maximum Gasteiger partial charge on any atom is 0.282 e. The molecular formula is C19H25N2O+. The first kappa shape index (κ1) is 16.2. The predicted molar refractivity (Wildman–Crippen MR) is 90.8 cm³/mol. The van der Waals surface area contributed by atoms with Crippen LogP contribution in [0.25, 0.3) is 0 Å². The number of quaternary nitrogens is 1. The van der Waals surface area contributed by atoms with Gasteiger partial charge in [-0.15, -0.1) is 0 Å². The van der Waals surface area contributed by atoms with E-state index in [-0.39, 0.29) is 18.0 Å². The normalized spacial score (nSPS) is 13.5. The number of carbonyl (C=O) groups excluding carboxylic acids is 1. The second kappa shape index (κ2) is 7.23. The Balaban J connectivity index is 1.97. The number of hydrogen-bond acceptors (Lipinski definition) is 1. The van der Waals surface area contributed by atoms with Crippen LogP contribution in [-0.2, 0) is 4.79 Å². The zero-order chi connectivity index (χ0) is 16.1. The van der Waals surface area contributed by atoms with Crippen LogP contribution >= 0.6 is 0 Å². The van der Waals surface area contributed by atoms with Gasteiger partial charge < -0.3 is 10.6 Å². The van der Waals surface area contributed by atoms with Gasteiger partial charge in [-0.05, 0) is 39.3 Å². The summed E-state index contributed by atoms with van der Waals surface area (Å²) in [4.78, 5) is 12.4. The molecule has 0 spiro atoms. The summed E-state index contributed by atoms with van der Waals surface area (Å²) in [5.41, 5.74) is 4.42. The summed E-state index contributed by atoms with van der Waals surface area (Å²) in [5, 5.41) is 5.12. The first-order chi connectivity index (χ1) is 10.5. The molecule has 0 aliphatic carbocycles. The van der Waals surface area contributed by atoms with E-state index in [0.29, 0.717) is 0 Å². The highest BCUT2D eigenvalue weighted by atomic mass is 16.2. The number of hydrogen-bond donors (Lipinski definition) is 2. The Hall–Kier alpha value is -2.13. The Kier molecular flexibility index (Phi) is 5.34. The van der Waals surface area contributed by atoms with Gasteiger partial charge in [-0.25, -0.2) is 0 Å². The molecule has 3 heteroatoms. The number of nitrogens with two attached hydrogens (primary N) is 1. The highest BCUT2D eigenvalue weighted by Gasteiger charge is 2.20. The summed E-state index contributed by atoms with van der Waals surface area (Å²) >= 11 is 0. The Morgan fingerprint density at radius 3 is 2.36 bits per heavy atom. The number of rotatable bonds is 5. The summed E-state index contributed by atoms with van der Waals surface area (Å²) < 4.78 is 0. The lowest BCUT2D eigenvalue weighted by atomic mass is 10.1. The molecule has 0 unspecified atom stereocenters. The van der Waals surface area contributed by atoms with Crippen molar-refractivity contribution in [1.82, 2.24) is 0 Å². The average Bonchev–Trinajstić information content (AvgIpc) is 2.50. The molecule has 0 fully saturated rings. The van der Waals surface area contributed by atoms with Crippen molar-refractivity contribution < 1.29 is 10.1 Å². The molecule has 2 aromatic rings. The molecule has 2 atom stereocenters. The van der Waals surface area contributed by atoms with Crippen LogP contribution in [-0.4, -0.2) is 11.9 Å². The van der Waals surface area contributed by atoms with E-state index in [9.17, 15) is 4.79 Å². The van der Waals surface area contributed by atoms with Gasteiger partial charge in [0.15, 0.2) is 6.04 Å². The van der Waals surface area contributed by atoms with Crippen LogP contribution in [0.1, 0.15) is 36.6 Å². The van der Waals surface area contributed by atoms with Crippen LogP contribution in [0.4, 0.5) is 5.69 Å². The van der Waals surface area contributed by atoms with Crippen molar-refractivity contribution in [3.8, 4) is 0 Å². The third-order valence-electron chi connectivity index (χ3n) is 3.96. The first-order valence-electron chi connectivity index (χ1n) is 7.75. The molecule has 0 saturated carbocycles. The van der Waals surface area contributed by atoms with Crippen molar-refractivity contribution in [2.75, 3.05) is 5.32 Å². The molecule has 1 amide bonds. The number of carbonyl (C=O) groups is 1. The molecule has 0 radical (unpaired) electrons. The van der Waals surface area contributed by atoms with Crippen LogP contribution in [0.2, 0.25) is 0 Å². The van der Waals surface area contributed by atoms with Crippen molar-refractivity contribution in [2.24, 2.45) is 0 Å². The standard InChI is InChI=1S/C19H24N2O/c1-13-10-11-18(14(2)12-13)21-19(22)16(4)20-15(3)17-8-6-5-7-9-17/h5-12,15-16,20H,1-4H3,(H,21,22)/p+1/t15-,16-/m1/s1. The zero-order valence-corrected chi connectivity index (χ0v) is 13.8. The van der Waals surface area contributed by atoms with Crippen molar-refractivity contribution in [2.45, 2.75) is 39.8 Å². The second-order valence-corrected chi connectivity index (χ2v) is 5.99. The maximum atomic E-state index is 12.4. The second-order valence-electron chi connectivity index (χ2n) is 5.99. The first-order valence-corrected chi connectivity index (χ1v) is 7.75. The molecule has 2 rings (SSSR count). The van der Waals surface area contributed by atoms with Gasteiger partial charge in [0.1, 0.15) is 6.04 Å². The largest absolute Gasteiger partial charge is 0.330 e. The third kappa shape index (κ3) is 4.18. The van der Waals surface area contributed by atoms with E-state index in [4.69, 9.17) is 0 Å². The summed E-state index contributed by atoms with van der Waals surface area (Å²) in [6.07, 6.45) is 0. The number of aryl methyl sites for hydroxylation is 2. The lowest BCUT2D eigenvalue weighted by Gasteiger charge is -2.17. The molecule has 3 N–H and O–H groups in total. The number of nitrogens with one attached hydrogen (secondary N) is 1. The van der Waals surface area contributed by atoms with Crippen molar-refractivity contribution in [3.05, 3.63) is 65.2 Å². The SMILES string of the molecule is Cc1ccc(NC(=O)[C@@H](C)[NH2+][C@H](C)c2ccccc2)c(C)c1. The van der Waals surface area contributed by atoms with Gasteiger partial charge in [-0.3, -0.25) is 4.79 Å². The van der Waals surface area contributed by atoms with E-state index >= 15 is 0 Å². The molecule has 3 nitrogen and oxygen atoms in total. The summed E-state index contributed by atoms with van der Waals surface area (Å²) in [5.74, 6) is 0.0368. The summed E-state index contributed by atoms with van der Waals surface area (Å²) in [6, 6.07) is 16.4. The molecule has 0 bridgehead atoms. The molecule has 2 aromatic carbocycles. The van der Waals surface area contributed by atoms with E-state index in [0.717, 1.165) is 11.3 Å². The smallest absolute Gasteiger partial charge is 0.282 e. The van der Waals surface area contributed by atoms with Gasteiger partial charge in [0.25, 0.3) is 5.91 Å². The molecule has 0 aliphatic heterocycles. The average molecular weight is 297 g/mol. The fraction of sp³-hybridized carbons (Fsp3) is 0.316. The number of amides is 1. The van der Waals surface area contributed by atoms with Crippen molar-refractivity contribution in [1.29, 1.82) is 0 Å². The van der Waals surface area contributed by atoms with Gasteiger partial charge in [0, 0.05) is 11.3 Å². The van der Waals surface area contributed by atoms with Crippen LogP contribution in [0, 0.1) is 13.8 Å². The minimum absolute atomic E-state index is 0.0368. The minimum Gasteiger partial charge on any atom is -0.330 e. The third-order valence-corrected chi connectivity index (χ3v) is 3.96. The summed E-state index contributed by atoms with van der Waals surface area (Å²) in [6.45, 7) is 8.13. The fourth-order valence-electron chi connectivity index (χ4n) is 2.59. The van der Waals surface area contributed by atoms with E-state index in [1.54, 1.807) is 0 Å². The molecule has 0 saturated heterocycles. The van der Waals surface area contributed by atoms with E-state index < -0.39 is 0 Å². The lowest BCUT2D eigenvalue weighted by molar-refractivity contribution is -0.709. The van der Waals surface area contributed by atoms with Crippen molar-refractivity contribution >= 4 is 11.6 Å². The van der Waals surface area contributed by atoms with E-state index in [1.165, 1.54) is 11.1 Å². The Labute approximate surface area is 132 Å². The highest BCUT2D eigenvalue weighted by Crippen LogP contribution is 2.16. The van der Waals surface area contributed by atoms with Gasteiger partial charge in [0.05, 0.1) is 0 Å². The monoisotopic (exact) mass is 297 g/mol. The Morgan fingerprint density at radius 1 is 1.05 bits per heavy atom. The summed E-state index contributed by atoms with van der Waals surface area (Å²) in [7, 11) is 0. The minimum atomic E-state index is -0.143. The molecule has 0 aromatic heterocycles. The molecular weight excluding hydrogens is 272 g/mol. The number of anilines is 1. The predicted octanol–water partition coefficient (Wildman–Crippen LogP) is 2.96. The van der Waals surface area contributed by atoms with Crippen LogP contribution in [0.3, 0.4) is 0 Å². The van der Waals surface area contributed by atoms with Crippen LogP contribution in [0.5, 0.6) is 0 Å².